The van der Waals surface area contributed by atoms with Crippen LogP contribution in [0.5, 0.6) is 0 Å². The number of nitrogens with zero attached hydrogens (tertiary/aromatic N) is 3. The largest absolute Gasteiger partial charge is 0.303 e. The lowest BCUT2D eigenvalue weighted by atomic mass is 10.3. The first-order chi connectivity index (χ1) is 7.27. The second kappa shape index (κ2) is 3.23. The lowest BCUT2D eigenvalue weighted by Gasteiger charge is -2.11. The van der Waals surface area contributed by atoms with E-state index < -0.39 is 0 Å². The van der Waals surface area contributed by atoms with E-state index in [1.807, 2.05) is 4.68 Å². The number of rotatable bonds is 0. The van der Waals surface area contributed by atoms with Gasteiger partial charge in [0.2, 0.25) is 0 Å². The Balaban J connectivity index is 2.11. The molecule has 0 saturated carbocycles. The fraction of sp³-hybridized carbons (Fsp3) is 0.727. The highest BCUT2D eigenvalue weighted by Crippen LogP contribution is 2.20. The van der Waals surface area contributed by atoms with Gasteiger partial charge in [-0.25, -0.2) is 4.68 Å². The maximum absolute atomic E-state index is 12.1. The van der Waals surface area contributed by atoms with Crippen molar-refractivity contribution in [2.24, 2.45) is 0 Å². The predicted molar refractivity (Wildman–Crippen MR) is 58.2 cm³/mol. The van der Waals surface area contributed by atoms with Crippen molar-refractivity contribution in [2.75, 3.05) is 20.1 Å². The summed E-state index contributed by atoms with van der Waals surface area (Å²) < 4.78 is 4.18. The molecule has 15 heavy (non-hydrogen) atoms. The van der Waals surface area contributed by atoms with Crippen molar-refractivity contribution >= 4 is 0 Å². The first-order valence-corrected chi connectivity index (χ1v) is 5.77. The number of likely N-dealkylation sites (N-methyl/N-ethyl adjacent to an activating group) is 1. The Kier molecular flexibility index (Phi) is 1.99. The molecule has 1 aliphatic heterocycles. The third kappa shape index (κ3) is 1.28. The Hall–Kier alpha value is -1.03. The van der Waals surface area contributed by atoms with Crippen LogP contribution in [0.15, 0.2) is 4.79 Å². The molecule has 0 radical (unpaired) electrons. The predicted octanol–water partition coefficient (Wildman–Crippen LogP) is 0.0839. The molecule has 0 fully saturated rings. The number of fused-ring (bicyclic) bond motifs is 3. The Labute approximate surface area is 89.1 Å². The standard InChI is InChI=1S/C11H17N3O/c1-12-5-7-13-10-4-2-3-9(10)11(15)14(13)8-6-12/h2-8H2,1H3. The van der Waals surface area contributed by atoms with Crippen molar-refractivity contribution in [1.82, 2.24) is 14.3 Å². The highest BCUT2D eigenvalue weighted by molar-refractivity contribution is 5.24. The fourth-order valence-electron chi connectivity index (χ4n) is 2.77. The van der Waals surface area contributed by atoms with E-state index in [-0.39, 0.29) is 5.56 Å². The van der Waals surface area contributed by atoms with Gasteiger partial charge in [-0.15, -0.1) is 0 Å². The summed E-state index contributed by atoms with van der Waals surface area (Å²) in [5, 5.41) is 0. The van der Waals surface area contributed by atoms with Crippen LogP contribution >= 0.6 is 0 Å². The molecule has 0 saturated heterocycles. The van der Waals surface area contributed by atoms with Crippen LogP contribution in [0.4, 0.5) is 0 Å². The van der Waals surface area contributed by atoms with Gasteiger partial charge in [0.1, 0.15) is 0 Å². The highest BCUT2D eigenvalue weighted by Gasteiger charge is 2.24. The number of hydrogen-bond donors (Lipinski definition) is 0. The van der Waals surface area contributed by atoms with Crippen molar-refractivity contribution in [3.8, 4) is 0 Å². The maximum atomic E-state index is 12.1. The zero-order valence-corrected chi connectivity index (χ0v) is 9.20. The van der Waals surface area contributed by atoms with Gasteiger partial charge in [-0.1, -0.05) is 0 Å². The topological polar surface area (TPSA) is 30.2 Å². The minimum Gasteiger partial charge on any atom is -0.303 e. The van der Waals surface area contributed by atoms with Gasteiger partial charge in [-0.3, -0.25) is 9.48 Å². The quantitative estimate of drug-likeness (QED) is 0.603. The minimum atomic E-state index is 0.276. The molecule has 82 valence electrons. The summed E-state index contributed by atoms with van der Waals surface area (Å²) >= 11 is 0. The number of hydrogen-bond acceptors (Lipinski definition) is 2. The normalized spacial score (nSPS) is 21.1. The van der Waals surface area contributed by atoms with Gasteiger partial charge in [0.05, 0.1) is 13.1 Å². The highest BCUT2D eigenvalue weighted by atomic mass is 16.1. The molecule has 1 aliphatic carbocycles. The van der Waals surface area contributed by atoms with Gasteiger partial charge >= 0.3 is 0 Å². The van der Waals surface area contributed by atoms with E-state index in [0.29, 0.717) is 0 Å². The third-order valence-electron chi connectivity index (χ3n) is 3.67. The fourth-order valence-corrected chi connectivity index (χ4v) is 2.77. The van der Waals surface area contributed by atoms with E-state index >= 15 is 0 Å². The van der Waals surface area contributed by atoms with Crippen molar-refractivity contribution < 1.29 is 0 Å². The van der Waals surface area contributed by atoms with Crippen LogP contribution in [-0.4, -0.2) is 34.4 Å². The van der Waals surface area contributed by atoms with Gasteiger partial charge in [-0.05, 0) is 26.3 Å². The van der Waals surface area contributed by atoms with Crippen molar-refractivity contribution in [3.63, 3.8) is 0 Å². The molecule has 1 aromatic rings. The first kappa shape index (κ1) is 9.21. The molecule has 0 atom stereocenters. The summed E-state index contributed by atoms with van der Waals surface area (Å²) in [6.45, 7) is 3.87. The zero-order valence-electron chi connectivity index (χ0n) is 9.20. The SMILES string of the molecule is CN1CCn2c3c(c(=O)n2CC1)CCC3. The molecule has 0 amide bonds. The van der Waals surface area contributed by atoms with Crippen molar-refractivity contribution in [2.45, 2.75) is 32.4 Å². The van der Waals surface area contributed by atoms with Gasteiger partial charge in [0, 0.05) is 24.3 Å². The average Bonchev–Trinajstić information content (AvgIpc) is 2.71. The molecule has 3 rings (SSSR count). The summed E-state index contributed by atoms with van der Waals surface area (Å²) in [5.41, 5.74) is 2.69. The summed E-state index contributed by atoms with van der Waals surface area (Å²) in [7, 11) is 2.12. The van der Waals surface area contributed by atoms with E-state index in [1.165, 1.54) is 5.69 Å². The third-order valence-corrected chi connectivity index (χ3v) is 3.67. The lowest BCUT2D eigenvalue weighted by molar-refractivity contribution is 0.338. The minimum absolute atomic E-state index is 0.276. The molecule has 4 nitrogen and oxygen atoms in total. The Morgan fingerprint density at radius 1 is 1.00 bits per heavy atom. The van der Waals surface area contributed by atoms with Gasteiger partial charge in [0.15, 0.2) is 0 Å². The average molecular weight is 207 g/mol. The van der Waals surface area contributed by atoms with Crippen LogP contribution in [0.3, 0.4) is 0 Å². The monoisotopic (exact) mass is 207 g/mol. The van der Waals surface area contributed by atoms with Crippen LogP contribution in [0.1, 0.15) is 17.7 Å². The van der Waals surface area contributed by atoms with Crippen molar-refractivity contribution in [3.05, 3.63) is 21.6 Å². The molecule has 2 aliphatic rings. The van der Waals surface area contributed by atoms with Crippen LogP contribution in [-0.2, 0) is 25.9 Å². The maximum Gasteiger partial charge on any atom is 0.270 e. The summed E-state index contributed by atoms with van der Waals surface area (Å²) in [6, 6.07) is 0. The number of aromatic nitrogens is 2. The van der Waals surface area contributed by atoms with Crippen LogP contribution < -0.4 is 5.56 Å². The van der Waals surface area contributed by atoms with Crippen LogP contribution in [0.2, 0.25) is 0 Å². The molecule has 1 aromatic heterocycles. The molecular formula is C11H17N3O. The molecule has 0 spiro atoms. The van der Waals surface area contributed by atoms with Crippen molar-refractivity contribution in [1.29, 1.82) is 0 Å². The van der Waals surface area contributed by atoms with Gasteiger partial charge in [0.25, 0.3) is 5.56 Å². The smallest absolute Gasteiger partial charge is 0.270 e. The van der Waals surface area contributed by atoms with E-state index in [0.717, 1.165) is 51.0 Å². The zero-order chi connectivity index (χ0) is 10.4. The molecule has 4 heteroatoms. The van der Waals surface area contributed by atoms with Gasteiger partial charge in [-0.2, -0.15) is 0 Å². The Morgan fingerprint density at radius 2 is 1.73 bits per heavy atom. The van der Waals surface area contributed by atoms with E-state index in [2.05, 4.69) is 16.6 Å². The van der Waals surface area contributed by atoms with E-state index in [4.69, 9.17) is 0 Å². The first-order valence-electron chi connectivity index (χ1n) is 5.77. The van der Waals surface area contributed by atoms with E-state index in [9.17, 15) is 4.79 Å². The van der Waals surface area contributed by atoms with E-state index in [1.54, 1.807) is 0 Å². The molecule has 0 aromatic carbocycles. The molecular weight excluding hydrogens is 190 g/mol. The Morgan fingerprint density at radius 3 is 2.53 bits per heavy atom. The Bertz CT molecular complexity index is 443. The molecule has 0 unspecified atom stereocenters. The van der Waals surface area contributed by atoms with Crippen LogP contribution in [0.25, 0.3) is 0 Å². The molecule has 2 heterocycles. The molecule has 0 N–H and O–H groups in total. The summed E-state index contributed by atoms with van der Waals surface area (Å²) in [5.74, 6) is 0. The summed E-state index contributed by atoms with van der Waals surface area (Å²) in [6.07, 6.45) is 3.26. The second-order valence-corrected chi connectivity index (χ2v) is 4.63. The van der Waals surface area contributed by atoms with Crippen LogP contribution in [0, 0.1) is 0 Å². The van der Waals surface area contributed by atoms with Gasteiger partial charge < -0.3 is 4.90 Å². The second-order valence-electron chi connectivity index (χ2n) is 4.63. The lowest BCUT2D eigenvalue weighted by Crippen LogP contribution is -2.26. The molecule has 0 bridgehead atoms. The summed E-state index contributed by atoms with van der Waals surface area (Å²) in [4.78, 5) is 14.4.